The van der Waals surface area contributed by atoms with E-state index in [9.17, 15) is 9.59 Å². The van der Waals surface area contributed by atoms with Gasteiger partial charge in [0.1, 0.15) is 0 Å². The van der Waals surface area contributed by atoms with Crippen molar-refractivity contribution in [2.45, 2.75) is 18.9 Å². The third kappa shape index (κ3) is 7.35. The van der Waals surface area contributed by atoms with E-state index in [1.165, 1.54) is 4.90 Å². The van der Waals surface area contributed by atoms with Gasteiger partial charge in [-0.25, -0.2) is 4.79 Å². The smallest absolute Gasteiger partial charge is 0.407 e. The Kier molecular flexibility index (Phi) is 12.0. The van der Waals surface area contributed by atoms with Crippen molar-refractivity contribution in [2.24, 2.45) is 0 Å². The molecular weight excluding hydrogens is 457 g/mol. The summed E-state index contributed by atoms with van der Waals surface area (Å²) in [5.74, 6) is 0. The van der Waals surface area contributed by atoms with E-state index in [-0.39, 0.29) is 45.7 Å². The van der Waals surface area contributed by atoms with Crippen molar-refractivity contribution in [3.63, 3.8) is 0 Å². The molecule has 0 aromatic rings. The van der Waals surface area contributed by atoms with E-state index < -0.39 is 6.09 Å². The number of hydrogen-bond donors (Lipinski definition) is 1. The normalized spacial score (nSPS) is 17.6. The summed E-state index contributed by atoms with van der Waals surface area (Å²) in [5, 5.41) is 9.10. The van der Waals surface area contributed by atoms with Gasteiger partial charge in [-0.2, -0.15) is 6.41 Å². The fourth-order valence-electron chi connectivity index (χ4n) is 1.99. The van der Waals surface area contributed by atoms with Crippen LogP contribution in [0.3, 0.4) is 0 Å². The Balaban J connectivity index is 0. The molecule has 1 aliphatic rings. The van der Waals surface area contributed by atoms with Gasteiger partial charge in [-0.15, -0.1) is 0 Å². The van der Waals surface area contributed by atoms with E-state index in [0.29, 0.717) is 26.2 Å². The van der Waals surface area contributed by atoms with Crippen molar-refractivity contribution in [2.75, 3.05) is 40.3 Å². The molecule has 0 aromatic heterocycles. The van der Waals surface area contributed by atoms with Crippen molar-refractivity contribution in [1.82, 2.24) is 14.7 Å². The first-order valence-corrected chi connectivity index (χ1v) is 5.81. The number of likely N-dealkylation sites (N-methyl/N-ethyl adjacent to an activating group) is 1. The molecule has 1 radical (unpaired) electrons. The zero-order valence-electron chi connectivity index (χ0n) is 11.3. The van der Waals surface area contributed by atoms with Gasteiger partial charge in [0.25, 0.3) is 0 Å². The number of rotatable bonds is 6. The molecule has 1 aliphatic heterocycles. The van der Waals surface area contributed by atoms with Crippen LogP contribution in [0.25, 0.3) is 0 Å². The van der Waals surface area contributed by atoms with Crippen LogP contribution in [0, 0.1) is 0 Å². The average Bonchev–Trinajstić information content (AvgIpc) is 2.70. The summed E-state index contributed by atoms with van der Waals surface area (Å²) in [4.78, 5) is 26.6. The first-order valence-electron chi connectivity index (χ1n) is 5.81. The van der Waals surface area contributed by atoms with Crippen LogP contribution in [0.1, 0.15) is 12.8 Å². The molecule has 0 aromatic carbocycles. The Morgan fingerprint density at radius 1 is 1.42 bits per heavy atom. The average molecular weight is 477 g/mol. The summed E-state index contributed by atoms with van der Waals surface area (Å²) < 4.78 is 0. The molecule has 6 nitrogen and oxygen atoms in total. The molecule has 1 rings (SSSR count). The van der Waals surface area contributed by atoms with E-state index in [1.54, 1.807) is 4.90 Å². The first kappa shape index (κ1) is 21.3. The number of nitrogens with zero attached hydrogens (tertiary/aromatic N) is 3. The first-order chi connectivity index (χ1) is 8.04. The van der Waals surface area contributed by atoms with Crippen molar-refractivity contribution in [3.8, 4) is 0 Å². The molecule has 109 valence electrons. The molecule has 19 heavy (non-hydrogen) atoms. The predicted octanol–water partition coefficient (Wildman–Crippen LogP) is 0.0546. The minimum atomic E-state index is -0.926. The molecule has 1 unspecified atom stereocenters. The molecule has 0 spiro atoms. The molecule has 8 heteroatoms. The van der Waals surface area contributed by atoms with Crippen LogP contribution < -0.4 is 0 Å². The maximum absolute atomic E-state index is 11.1. The zero-order chi connectivity index (χ0) is 12.8. The number of amides is 2. The van der Waals surface area contributed by atoms with Gasteiger partial charge < -0.3 is 24.6 Å². The molecule has 1 heterocycles. The third-order valence-electron chi connectivity index (χ3n) is 3.01. The van der Waals surface area contributed by atoms with Crippen molar-refractivity contribution in [3.05, 3.63) is 0 Å². The van der Waals surface area contributed by atoms with Gasteiger partial charge >= 0.3 is 6.09 Å². The number of likely N-dealkylation sites (tertiary alicyclic amines) is 1. The topological polar surface area (TPSA) is 64.1 Å². The molecule has 1 atom stereocenters. The maximum Gasteiger partial charge on any atom is 0.407 e. The SMILES string of the molecule is CN(C)CCN(CC1CCCN1[C-]=O)C(=O)O.[V].[W]. The minimum absolute atomic E-state index is 0. The summed E-state index contributed by atoms with van der Waals surface area (Å²) in [5.41, 5.74) is 0. The minimum Gasteiger partial charge on any atom is -0.520 e. The number of carboxylic acid groups (broad SMARTS) is 1. The van der Waals surface area contributed by atoms with Crippen LogP contribution in [0.4, 0.5) is 4.79 Å². The Hall–Kier alpha value is -0.0273. The van der Waals surface area contributed by atoms with E-state index in [1.807, 2.05) is 25.4 Å². The number of carbonyl (C=O) groups excluding carboxylic acids is 1. The van der Waals surface area contributed by atoms with Gasteiger partial charge in [-0.3, -0.25) is 0 Å². The number of hydrogen-bond acceptors (Lipinski definition) is 3. The summed E-state index contributed by atoms with van der Waals surface area (Å²) >= 11 is 0. The number of carbonyl (C=O) groups is 1. The van der Waals surface area contributed by atoms with Crippen LogP contribution in [0.5, 0.6) is 0 Å². The van der Waals surface area contributed by atoms with Gasteiger partial charge in [0.15, 0.2) is 0 Å². The van der Waals surface area contributed by atoms with E-state index in [2.05, 4.69) is 0 Å². The van der Waals surface area contributed by atoms with Crippen LogP contribution in [0.15, 0.2) is 0 Å². The van der Waals surface area contributed by atoms with Crippen LogP contribution in [0.2, 0.25) is 0 Å². The molecule has 1 fully saturated rings. The van der Waals surface area contributed by atoms with Gasteiger partial charge in [0.2, 0.25) is 0 Å². The Morgan fingerprint density at radius 3 is 2.53 bits per heavy atom. The summed E-state index contributed by atoms with van der Waals surface area (Å²) in [7, 11) is 3.81. The fraction of sp³-hybridized carbons (Fsp3) is 0.818. The molecular formula is C11H20N3O3VW-. The van der Waals surface area contributed by atoms with Gasteiger partial charge in [-0.05, 0) is 33.5 Å². The van der Waals surface area contributed by atoms with Crippen LogP contribution >= 0.6 is 0 Å². The van der Waals surface area contributed by atoms with E-state index in [0.717, 1.165) is 12.8 Å². The van der Waals surface area contributed by atoms with Crippen molar-refractivity contribution < 1.29 is 54.3 Å². The monoisotopic (exact) mass is 477 g/mol. The fourth-order valence-corrected chi connectivity index (χ4v) is 1.99. The van der Waals surface area contributed by atoms with Crippen molar-refractivity contribution in [1.29, 1.82) is 0 Å². The second kappa shape index (κ2) is 10.7. The Bertz CT molecular complexity index is 282. The third-order valence-corrected chi connectivity index (χ3v) is 3.01. The standard InChI is InChI=1S/C11H20N3O3.V.W/c1-12(2)6-7-13(11(16)17)8-10-4-3-5-14(10)9-15;;/h10H,3-8H2,1-2H3,(H,16,17);;/q-1;;. The molecule has 0 aliphatic carbocycles. The van der Waals surface area contributed by atoms with Crippen LogP contribution in [-0.4, -0.2) is 78.6 Å². The maximum atomic E-state index is 11.1. The molecule has 0 bridgehead atoms. The molecule has 0 saturated carbocycles. The predicted molar refractivity (Wildman–Crippen MR) is 63.6 cm³/mol. The summed E-state index contributed by atoms with van der Waals surface area (Å²) in [6.07, 6.45) is 2.74. The van der Waals surface area contributed by atoms with Gasteiger partial charge in [0, 0.05) is 65.3 Å². The van der Waals surface area contributed by atoms with Crippen LogP contribution in [-0.2, 0) is 44.4 Å². The van der Waals surface area contributed by atoms with Crippen molar-refractivity contribution >= 4 is 12.5 Å². The molecule has 2 amide bonds. The van der Waals surface area contributed by atoms with Gasteiger partial charge in [0.05, 0.1) is 0 Å². The largest absolute Gasteiger partial charge is 0.520 e. The molecule has 1 saturated heterocycles. The Labute approximate surface area is 140 Å². The zero-order valence-corrected chi connectivity index (χ0v) is 15.6. The van der Waals surface area contributed by atoms with Gasteiger partial charge in [-0.1, -0.05) is 0 Å². The summed E-state index contributed by atoms with van der Waals surface area (Å²) in [6, 6.07) is -0.00855. The van der Waals surface area contributed by atoms with E-state index >= 15 is 0 Å². The quantitative estimate of drug-likeness (QED) is 0.550. The summed E-state index contributed by atoms with van der Waals surface area (Å²) in [6.45, 7) is 2.23. The molecule has 1 N–H and O–H groups in total. The second-order valence-electron chi connectivity index (χ2n) is 4.61. The second-order valence-corrected chi connectivity index (χ2v) is 4.61. The van der Waals surface area contributed by atoms with E-state index in [4.69, 9.17) is 5.11 Å². The Morgan fingerprint density at radius 2 is 2.05 bits per heavy atom.